The van der Waals surface area contributed by atoms with Gasteiger partial charge in [-0.3, -0.25) is 9.59 Å². The first-order chi connectivity index (χ1) is 12.0. The number of furan rings is 1. The summed E-state index contributed by atoms with van der Waals surface area (Å²) < 4.78 is 5.58. The number of hydrogen-bond acceptors (Lipinski definition) is 4. The third-order valence-electron chi connectivity index (χ3n) is 4.65. The zero-order chi connectivity index (χ0) is 18.0. The van der Waals surface area contributed by atoms with Gasteiger partial charge in [0.1, 0.15) is 5.76 Å². The van der Waals surface area contributed by atoms with Crippen LogP contribution in [-0.4, -0.2) is 41.5 Å². The maximum absolute atomic E-state index is 12.6. The Labute approximate surface area is 146 Å². The number of para-hydroxylation sites is 1. The number of carboxylic acid groups (broad SMARTS) is 1. The van der Waals surface area contributed by atoms with Gasteiger partial charge in [-0.2, -0.15) is 0 Å². The number of fused-ring (bicyclic) bond motifs is 1. The zero-order valence-electron chi connectivity index (χ0n) is 14.4. The Bertz CT molecular complexity index is 783. The highest BCUT2D eigenvalue weighted by Crippen LogP contribution is 2.33. The highest BCUT2D eigenvalue weighted by Gasteiger charge is 2.28. The second kappa shape index (κ2) is 7.01. The van der Waals surface area contributed by atoms with Crippen LogP contribution in [0.15, 0.2) is 41.0 Å². The van der Waals surface area contributed by atoms with E-state index in [2.05, 4.69) is 24.0 Å². The monoisotopic (exact) mass is 342 g/mol. The van der Waals surface area contributed by atoms with Crippen molar-refractivity contribution in [1.29, 1.82) is 0 Å². The fraction of sp³-hybridized carbons (Fsp3) is 0.368. The molecule has 25 heavy (non-hydrogen) atoms. The molecule has 1 atom stereocenters. The van der Waals surface area contributed by atoms with Crippen LogP contribution in [0.4, 0.5) is 5.69 Å². The number of nitrogens with zero attached hydrogens (tertiary/aromatic N) is 2. The molecule has 1 aliphatic rings. The Morgan fingerprint density at radius 1 is 1.32 bits per heavy atom. The number of hydrogen-bond donors (Lipinski definition) is 1. The Balaban J connectivity index is 1.76. The van der Waals surface area contributed by atoms with Crippen LogP contribution in [0.25, 0.3) is 0 Å². The lowest BCUT2D eigenvalue weighted by molar-refractivity contribution is -0.137. The van der Waals surface area contributed by atoms with Gasteiger partial charge in [-0.25, -0.2) is 0 Å². The first kappa shape index (κ1) is 17.1. The van der Waals surface area contributed by atoms with E-state index in [-0.39, 0.29) is 18.9 Å². The molecule has 1 aromatic heterocycles. The van der Waals surface area contributed by atoms with Crippen molar-refractivity contribution in [3.8, 4) is 0 Å². The van der Waals surface area contributed by atoms with Crippen molar-refractivity contribution < 1.29 is 19.1 Å². The molecule has 0 saturated heterocycles. The molecule has 2 aromatic rings. The Hall–Kier alpha value is -2.76. The minimum absolute atomic E-state index is 0.0774. The first-order valence-electron chi connectivity index (χ1n) is 8.35. The summed E-state index contributed by atoms with van der Waals surface area (Å²) in [5.74, 6) is -0.532. The third kappa shape index (κ3) is 3.52. The summed E-state index contributed by atoms with van der Waals surface area (Å²) in [6.45, 7) is 2.84. The number of anilines is 1. The van der Waals surface area contributed by atoms with Crippen molar-refractivity contribution in [3.05, 3.63) is 53.5 Å². The molecule has 0 spiro atoms. The van der Waals surface area contributed by atoms with Crippen molar-refractivity contribution in [2.75, 3.05) is 18.5 Å². The Morgan fingerprint density at radius 2 is 2.08 bits per heavy atom. The van der Waals surface area contributed by atoms with E-state index in [1.807, 2.05) is 12.1 Å². The van der Waals surface area contributed by atoms with Gasteiger partial charge in [0, 0.05) is 25.3 Å². The number of aliphatic carboxylic acids is 1. The lowest BCUT2D eigenvalue weighted by atomic mass is 10.1. The summed E-state index contributed by atoms with van der Waals surface area (Å²) >= 11 is 0. The van der Waals surface area contributed by atoms with E-state index in [4.69, 9.17) is 9.52 Å². The minimum Gasteiger partial charge on any atom is -0.481 e. The van der Waals surface area contributed by atoms with Crippen LogP contribution in [-0.2, 0) is 17.8 Å². The number of amides is 1. The maximum atomic E-state index is 12.6. The number of carbonyl (C=O) groups excluding carboxylic acids is 1. The SMILES string of the molecule is C[C@H]1Cc2ccccc2N1Cc1occc1C(=O)N(C)CCC(=O)O. The van der Waals surface area contributed by atoms with Crippen molar-refractivity contribution >= 4 is 17.6 Å². The van der Waals surface area contributed by atoms with Crippen molar-refractivity contribution in [3.63, 3.8) is 0 Å². The van der Waals surface area contributed by atoms with Gasteiger partial charge in [-0.15, -0.1) is 0 Å². The molecule has 0 unspecified atom stereocenters. The second-order valence-corrected chi connectivity index (χ2v) is 6.44. The Morgan fingerprint density at radius 3 is 2.84 bits per heavy atom. The molecule has 0 fully saturated rings. The molecule has 0 radical (unpaired) electrons. The Kier molecular flexibility index (Phi) is 4.79. The fourth-order valence-corrected chi connectivity index (χ4v) is 3.25. The van der Waals surface area contributed by atoms with Gasteiger partial charge in [0.2, 0.25) is 0 Å². The standard InChI is InChI=1S/C19H22N2O4/c1-13-11-14-5-3-4-6-16(14)21(13)12-17-15(8-10-25-17)19(24)20(2)9-7-18(22)23/h3-6,8,10,13H,7,9,11-12H2,1-2H3,(H,22,23)/t13-/m0/s1. The highest BCUT2D eigenvalue weighted by atomic mass is 16.4. The molecule has 0 aliphatic carbocycles. The molecule has 1 aliphatic heterocycles. The molecular weight excluding hydrogens is 320 g/mol. The smallest absolute Gasteiger partial charge is 0.305 e. The van der Waals surface area contributed by atoms with Gasteiger partial charge in [0.15, 0.2) is 0 Å². The molecule has 1 amide bonds. The van der Waals surface area contributed by atoms with Gasteiger partial charge in [0.25, 0.3) is 5.91 Å². The van der Waals surface area contributed by atoms with Crippen LogP contribution >= 0.6 is 0 Å². The van der Waals surface area contributed by atoms with Gasteiger partial charge >= 0.3 is 5.97 Å². The molecule has 0 saturated carbocycles. The van der Waals surface area contributed by atoms with Crippen molar-refractivity contribution in [2.45, 2.75) is 32.4 Å². The highest BCUT2D eigenvalue weighted by molar-refractivity contribution is 5.95. The molecular formula is C19H22N2O4. The molecule has 6 nitrogen and oxygen atoms in total. The van der Waals surface area contributed by atoms with E-state index >= 15 is 0 Å². The first-order valence-corrected chi connectivity index (χ1v) is 8.35. The summed E-state index contributed by atoms with van der Waals surface area (Å²) in [7, 11) is 1.61. The molecule has 2 heterocycles. The van der Waals surface area contributed by atoms with E-state index in [0.29, 0.717) is 23.9 Å². The van der Waals surface area contributed by atoms with Crippen LogP contribution in [0.1, 0.15) is 35.0 Å². The summed E-state index contributed by atoms with van der Waals surface area (Å²) in [5.41, 5.74) is 2.96. The van der Waals surface area contributed by atoms with Crippen LogP contribution in [0.5, 0.6) is 0 Å². The number of carbonyl (C=O) groups is 2. The van der Waals surface area contributed by atoms with Crippen LogP contribution < -0.4 is 4.90 Å². The average molecular weight is 342 g/mol. The number of rotatable bonds is 6. The largest absolute Gasteiger partial charge is 0.481 e. The number of carboxylic acids is 1. The fourth-order valence-electron chi connectivity index (χ4n) is 3.25. The van der Waals surface area contributed by atoms with Crippen LogP contribution in [0, 0.1) is 0 Å². The van der Waals surface area contributed by atoms with Gasteiger partial charge in [-0.1, -0.05) is 18.2 Å². The van der Waals surface area contributed by atoms with Gasteiger partial charge < -0.3 is 19.3 Å². The normalized spacial score (nSPS) is 15.9. The average Bonchev–Trinajstić information content (AvgIpc) is 3.17. The third-order valence-corrected chi connectivity index (χ3v) is 4.65. The minimum atomic E-state index is -0.922. The maximum Gasteiger partial charge on any atom is 0.305 e. The lowest BCUT2D eigenvalue weighted by Crippen LogP contribution is -2.32. The summed E-state index contributed by atoms with van der Waals surface area (Å²) in [6.07, 6.45) is 2.41. The van der Waals surface area contributed by atoms with E-state index in [0.717, 1.165) is 6.42 Å². The molecule has 6 heteroatoms. The van der Waals surface area contributed by atoms with Crippen molar-refractivity contribution in [2.24, 2.45) is 0 Å². The quantitative estimate of drug-likeness (QED) is 0.874. The molecule has 0 bridgehead atoms. The van der Waals surface area contributed by atoms with E-state index in [1.165, 1.54) is 22.4 Å². The van der Waals surface area contributed by atoms with Crippen LogP contribution in [0.2, 0.25) is 0 Å². The topological polar surface area (TPSA) is 74.0 Å². The predicted octanol–water partition coefficient (Wildman–Crippen LogP) is 2.78. The van der Waals surface area contributed by atoms with Gasteiger partial charge in [0.05, 0.1) is 24.8 Å². The lowest BCUT2D eigenvalue weighted by Gasteiger charge is -2.24. The van der Waals surface area contributed by atoms with Crippen molar-refractivity contribution in [1.82, 2.24) is 4.90 Å². The molecule has 132 valence electrons. The van der Waals surface area contributed by atoms with E-state index in [1.54, 1.807) is 13.1 Å². The summed E-state index contributed by atoms with van der Waals surface area (Å²) in [4.78, 5) is 27.0. The molecule has 3 rings (SSSR count). The summed E-state index contributed by atoms with van der Waals surface area (Å²) in [6, 6.07) is 10.2. The van der Waals surface area contributed by atoms with Gasteiger partial charge in [-0.05, 0) is 31.0 Å². The predicted molar refractivity (Wildman–Crippen MR) is 93.7 cm³/mol. The van der Waals surface area contributed by atoms with E-state index in [9.17, 15) is 9.59 Å². The van der Waals surface area contributed by atoms with Crippen LogP contribution in [0.3, 0.4) is 0 Å². The zero-order valence-corrected chi connectivity index (χ0v) is 14.4. The second-order valence-electron chi connectivity index (χ2n) is 6.44. The molecule has 1 N–H and O–H groups in total. The molecule has 1 aromatic carbocycles. The van der Waals surface area contributed by atoms with E-state index < -0.39 is 5.97 Å². The summed E-state index contributed by atoms with van der Waals surface area (Å²) in [5, 5.41) is 8.78. The number of benzene rings is 1.